The molecule has 2 rings (SSSR count). The molecule has 0 aromatic carbocycles. The molecule has 1 saturated carbocycles. The van der Waals surface area contributed by atoms with Crippen LogP contribution in [-0.2, 0) is 4.74 Å². The number of nitrogens with one attached hydrogen (secondary N) is 1. The van der Waals surface area contributed by atoms with Crippen LogP contribution < -0.4 is 5.32 Å². The van der Waals surface area contributed by atoms with Gasteiger partial charge >= 0.3 is 0 Å². The first kappa shape index (κ1) is 16.0. The normalized spacial score (nSPS) is 26.4. The second-order valence-corrected chi connectivity index (χ2v) is 6.85. The average molecular weight is 297 g/mol. The molecule has 0 aliphatic heterocycles. The van der Waals surface area contributed by atoms with Crippen LogP contribution in [0.4, 0.5) is 0 Å². The minimum atomic E-state index is -0.423. The Morgan fingerprint density at radius 3 is 3.05 bits per heavy atom. The fourth-order valence-corrected chi connectivity index (χ4v) is 3.54. The van der Waals surface area contributed by atoms with E-state index in [1.165, 1.54) is 18.4 Å². The number of thiophene rings is 1. The van der Waals surface area contributed by atoms with Crippen LogP contribution in [0, 0.1) is 5.92 Å². The summed E-state index contributed by atoms with van der Waals surface area (Å²) in [5.41, 5.74) is 1.28. The van der Waals surface area contributed by atoms with Gasteiger partial charge in [-0.05, 0) is 48.1 Å². The second kappa shape index (κ2) is 8.13. The van der Waals surface area contributed by atoms with Gasteiger partial charge in [0.2, 0.25) is 0 Å². The minimum absolute atomic E-state index is 0.283. The van der Waals surface area contributed by atoms with Crippen molar-refractivity contribution >= 4 is 11.3 Å². The predicted molar refractivity (Wildman–Crippen MR) is 84.1 cm³/mol. The van der Waals surface area contributed by atoms with Gasteiger partial charge in [0.05, 0.1) is 18.8 Å². The van der Waals surface area contributed by atoms with E-state index < -0.39 is 6.10 Å². The van der Waals surface area contributed by atoms with Gasteiger partial charge in [0.1, 0.15) is 0 Å². The smallest absolute Gasteiger partial charge is 0.0898 e. The van der Waals surface area contributed by atoms with Crippen molar-refractivity contribution in [2.24, 2.45) is 5.92 Å². The summed E-state index contributed by atoms with van der Waals surface area (Å²) in [6, 6.07) is 2.40. The summed E-state index contributed by atoms with van der Waals surface area (Å²) in [5.74, 6) is 0.766. The van der Waals surface area contributed by atoms with Crippen molar-refractivity contribution < 1.29 is 9.84 Å². The van der Waals surface area contributed by atoms with E-state index in [9.17, 15) is 5.11 Å². The van der Waals surface area contributed by atoms with Gasteiger partial charge in [0.25, 0.3) is 0 Å². The van der Waals surface area contributed by atoms with Crippen LogP contribution in [0.15, 0.2) is 16.8 Å². The Bertz CT molecular complexity index is 369. The van der Waals surface area contributed by atoms with Crippen molar-refractivity contribution in [1.29, 1.82) is 0 Å². The van der Waals surface area contributed by atoms with E-state index in [0.717, 1.165) is 18.8 Å². The van der Waals surface area contributed by atoms with Crippen LogP contribution in [-0.4, -0.2) is 30.5 Å². The van der Waals surface area contributed by atoms with Crippen LogP contribution >= 0.6 is 11.3 Å². The number of hydrogen-bond acceptors (Lipinski definition) is 4. The Morgan fingerprint density at radius 1 is 1.50 bits per heavy atom. The summed E-state index contributed by atoms with van der Waals surface area (Å²) in [6.07, 6.45) is 4.80. The Hall–Kier alpha value is -0.420. The molecular formula is C16H27NO2S. The average Bonchev–Trinajstić information content (AvgIpc) is 2.97. The lowest BCUT2D eigenvalue weighted by Gasteiger charge is -2.27. The maximum Gasteiger partial charge on any atom is 0.0898 e. The van der Waals surface area contributed by atoms with E-state index in [1.54, 1.807) is 11.3 Å². The molecule has 1 fully saturated rings. The number of hydrogen-bond donors (Lipinski definition) is 2. The molecule has 4 unspecified atom stereocenters. The molecule has 1 aromatic heterocycles. The van der Waals surface area contributed by atoms with Crippen LogP contribution in [0.25, 0.3) is 0 Å². The molecule has 0 radical (unpaired) electrons. The van der Waals surface area contributed by atoms with Crippen LogP contribution in [0.2, 0.25) is 0 Å². The van der Waals surface area contributed by atoms with Crippen molar-refractivity contribution in [2.75, 3.05) is 13.2 Å². The lowest BCUT2D eigenvalue weighted by atomic mass is 9.89. The third-order valence-corrected chi connectivity index (χ3v) is 4.82. The first-order chi connectivity index (χ1) is 9.65. The quantitative estimate of drug-likeness (QED) is 0.811. The molecular weight excluding hydrogens is 270 g/mol. The Labute approximate surface area is 126 Å². The molecule has 0 saturated heterocycles. The van der Waals surface area contributed by atoms with Gasteiger partial charge in [-0.3, -0.25) is 0 Å². The third-order valence-electron chi connectivity index (χ3n) is 4.12. The van der Waals surface area contributed by atoms with Gasteiger partial charge in [-0.25, -0.2) is 0 Å². The SMILES string of the molecule is CC1CCCC(OCC(O)CNC(C)c2ccsc2)C1. The molecule has 20 heavy (non-hydrogen) atoms. The predicted octanol–water partition coefficient (Wildman–Crippen LogP) is 3.35. The Kier molecular flexibility index (Phi) is 6.49. The molecule has 1 aromatic rings. The fourth-order valence-electron chi connectivity index (χ4n) is 2.79. The number of ether oxygens (including phenoxy) is 1. The van der Waals surface area contributed by atoms with Crippen molar-refractivity contribution in [3.8, 4) is 0 Å². The summed E-state index contributed by atoms with van der Waals surface area (Å²) in [6.45, 7) is 5.44. The van der Waals surface area contributed by atoms with Crippen molar-refractivity contribution in [3.63, 3.8) is 0 Å². The summed E-state index contributed by atoms with van der Waals surface area (Å²) >= 11 is 1.70. The van der Waals surface area contributed by atoms with Gasteiger partial charge < -0.3 is 15.2 Å². The molecule has 4 heteroatoms. The van der Waals surface area contributed by atoms with E-state index in [0.29, 0.717) is 19.3 Å². The van der Waals surface area contributed by atoms with E-state index in [1.807, 2.05) is 0 Å². The molecule has 0 spiro atoms. The van der Waals surface area contributed by atoms with Crippen LogP contribution in [0.3, 0.4) is 0 Å². The Balaban J connectivity index is 1.61. The molecule has 1 heterocycles. The standard InChI is InChI=1S/C16H27NO2S/c1-12-4-3-5-16(8-12)19-10-15(18)9-17-13(2)14-6-7-20-11-14/h6-7,11-13,15-18H,3-5,8-10H2,1-2H3. The molecule has 4 atom stereocenters. The third kappa shape index (κ3) is 5.17. The highest BCUT2D eigenvalue weighted by Gasteiger charge is 2.20. The number of aliphatic hydroxyl groups excluding tert-OH is 1. The Morgan fingerprint density at radius 2 is 2.35 bits per heavy atom. The van der Waals surface area contributed by atoms with E-state index in [-0.39, 0.29) is 6.04 Å². The van der Waals surface area contributed by atoms with Crippen molar-refractivity contribution in [1.82, 2.24) is 5.32 Å². The zero-order chi connectivity index (χ0) is 14.4. The van der Waals surface area contributed by atoms with Crippen molar-refractivity contribution in [3.05, 3.63) is 22.4 Å². The molecule has 3 nitrogen and oxygen atoms in total. The maximum absolute atomic E-state index is 10.0. The highest BCUT2D eigenvalue weighted by molar-refractivity contribution is 7.07. The van der Waals surface area contributed by atoms with Gasteiger partial charge in [-0.15, -0.1) is 0 Å². The zero-order valence-corrected chi connectivity index (χ0v) is 13.4. The van der Waals surface area contributed by atoms with Gasteiger partial charge in [0, 0.05) is 12.6 Å². The largest absolute Gasteiger partial charge is 0.389 e. The molecule has 0 amide bonds. The highest BCUT2D eigenvalue weighted by Crippen LogP contribution is 2.25. The lowest BCUT2D eigenvalue weighted by molar-refractivity contribution is -0.0310. The summed E-state index contributed by atoms with van der Waals surface area (Å²) in [7, 11) is 0. The first-order valence-corrected chi connectivity index (χ1v) is 8.64. The van der Waals surface area contributed by atoms with Gasteiger partial charge in [-0.2, -0.15) is 11.3 Å². The summed E-state index contributed by atoms with van der Waals surface area (Å²) in [4.78, 5) is 0. The van der Waals surface area contributed by atoms with E-state index in [4.69, 9.17) is 4.74 Å². The molecule has 1 aliphatic carbocycles. The maximum atomic E-state index is 10.0. The van der Waals surface area contributed by atoms with Crippen molar-refractivity contribution in [2.45, 2.75) is 57.8 Å². The van der Waals surface area contributed by atoms with E-state index >= 15 is 0 Å². The van der Waals surface area contributed by atoms with E-state index in [2.05, 4.69) is 36.0 Å². The zero-order valence-electron chi connectivity index (χ0n) is 12.5. The van der Waals surface area contributed by atoms with Crippen LogP contribution in [0.1, 0.15) is 51.1 Å². The second-order valence-electron chi connectivity index (χ2n) is 6.07. The molecule has 1 aliphatic rings. The summed E-state index contributed by atoms with van der Waals surface area (Å²) in [5, 5.41) is 17.6. The van der Waals surface area contributed by atoms with Gasteiger partial charge in [0.15, 0.2) is 0 Å². The fraction of sp³-hybridized carbons (Fsp3) is 0.750. The molecule has 0 bridgehead atoms. The number of rotatable bonds is 7. The molecule has 2 N–H and O–H groups in total. The van der Waals surface area contributed by atoms with Crippen LogP contribution in [0.5, 0.6) is 0 Å². The minimum Gasteiger partial charge on any atom is -0.389 e. The van der Waals surface area contributed by atoms with Gasteiger partial charge in [-0.1, -0.05) is 19.8 Å². The first-order valence-electron chi connectivity index (χ1n) is 7.70. The molecule has 114 valence electrons. The lowest BCUT2D eigenvalue weighted by Crippen LogP contribution is -2.34. The highest BCUT2D eigenvalue weighted by atomic mass is 32.1. The topological polar surface area (TPSA) is 41.5 Å². The summed E-state index contributed by atoms with van der Waals surface area (Å²) < 4.78 is 5.85. The number of aliphatic hydroxyl groups is 1. The monoisotopic (exact) mass is 297 g/mol.